The number of hydrogen-bond donors (Lipinski definition) is 0. The van der Waals surface area contributed by atoms with Crippen LogP contribution in [0.3, 0.4) is 0 Å². The summed E-state index contributed by atoms with van der Waals surface area (Å²) in [4.78, 5) is 14.0. The Morgan fingerprint density at radius 2 is 2.25 bits per heavy atom. The normalized spacial score (nSPS) is 26.6. The Morgan fingerprint density at radius 3 is 2.75 bits per heavy atom. The molecule has 1 rings (SSSR count). The van der Waals surface area contributed by atoms with Gasteiger partial charge in [-0.15, -0.1) is 11.6 Å². The van der Waals surface area contributed by atoms with Crippen molar-refractivity contribution in [3.8, 4) is 0 Å². The first-order valence-corrected chi connectivity index (χ1v) is 6.45. The molecule has 1 aliphatic rings. The van der Waals surface area contributed by atoms with Gasteiger partial charge in [0, 0.05) is 19.0 Å². The molecule has 0 N–H and O–H groups in total. The van der Waals surface area contributed by atoms with Crippen LogP contribution in [0.4, 0.5) is 0 Å². The third kappa shape index (κ3) is 3.36. The van der Waals surface area contributed by atoms with Crippen LogP contribution in [0.15, 0.2) is 0 Å². The summed E-state index contributed by atoms with van der Waals surface area (Å²) < 4.78 is 5.79. The van der Waals surface area contributed by atoms with Gasteiger partial charge in [-0.05, 0) is 20.3 Å². The average molecular weight is 248 g/mol. The molecule has 94 valence electrons. The van der Waals surface area contributed by atoms with E-state index in [0.717, 1.165) is 6.42 Å². The van der Waals surface area contributed by atoms with Crippen molar-refractivity contribution in [2.45, 2.75) is 45.8 Å². The molecule has 0 saturated carbocycles. The zero-order valence-corrected chi connectivity index (χ0v) is 11.4. The lowest BCUT2D eigenvalue weighted by molar-refractivity contribution is -0.160. The van der Waals surface area contributed by atoms with E-state index in [9.17, 15) is 4.79 Å². The Morgan fingerprint density at radius 1 is 1.62 bits per heavy atom. The number of alkyl halides is 1. The van der Waals surface area contributed by atoms with Gasteiger partial charge in [0.05, 0.1) is 17.6 Å². The molecule has 16 heavy (non-hydrogen) atoms. The fourth-order valence-corrected chi connectivity index (χ4v) is 2.19. The number of rotatable bonds is 3. The smallest absolute Gasteiger partial charge is 0.225 e. The van der Waals surface area contributed by atoms with Crippen molar-refractivity contribution in [3.05, 3.63) is 0 Å². The molecule has 0 aliphatic carbocycles. The largest absolute Gasteiger partial charge is 0.367 e. The van der Waals surface area contributed by atoms with E-state index in [2.05, 4.69) is 0 Å². The second-order valence-corrected chi connectivity index (χ2v) is 5.49. The summed E-state index contributed by atoms with van der Waals surface area (Å²) >= 11 is 5.83. The summed E-state index contributed by atoms with van der Waals surface area (Å²) in [6.45, 7) is 9.29. The molecule has 0 aromatic carbocycles. The van der Waals surface area contributed by atoms with Gasteiger partial charge in [0.25, 0.3) is 0 Å². The van der Waals surface area contributed by atoms with Crippen molar-refractivity contribution in [2.24, 2.45) is 5.92 Å². The molecule has 2 atom stereocenters. The number of carbonyl (C=O) groups is 1. The molecule has 1 aliphatic heterocycles. The minimum absolute atomic E-state index is 0.0431. The van der Waals surface area contributed by atoms with E-state index in [-0.39, 0.29) is 23.5 Å². The Bertz CT molecular complexity index is 255. The Balaban J connectivity index is 2.69. The van der Waals surface area contributed by atoms with Gasteiger partial charge in [-0.2, -0.15) is 0 Å². The minimum Gasteiger partial charge on any atom is -0.367 e. The number of carbonyl (C=O) groups excluding carboxylic acids is 1. The van der Waals surface area contributed by atoms with E-state index in [1.807, 2.05) is 32.6 Å². The van der Waals surface area contributed by atoms with Gasteiger partial charge in [-0.3, -0.25) is 4.79 Å². The van der Waals surface area contributed by atoms with Crippen molar-refractivity contribution in [1.29, 1.82) is 0 Å². The molecule has 1 heterocycles. The SMILES string of the molecule is CCC(C)C(=O)N1CC(CCl)OC(C)(C)C1. The molecular formula is C12H22ClNO2. The highest BCUT2D eigenvalue weighted by atomic mass is 35.5. The third-order valence-electron chi connectivity index (χ3n) is 3.00. The van der Waals surface area contributed by atoms with Crippen molar-refractivity contribution >= 4 is 17.5 Å². The molecule has 0 radical (unpaired) electrons. The van der Waals surface area contributed by atoms with Gasteiger partial charge < -0.3 is 9.64 Å². The average Bonchev–Trinajstić information content (AvgIpc) is 2.24. The van der Waals surface area contributed by atoms with E-state index in [0.29, 0.717) is 19.0 Å². The first-order chi connectivity index (χ1) is 7.39. The Hall–Kier alpha value is -0.280. The fraction of sp³-hybridized carbons (Fsp3) is 0.917. The maximum Gasteiger partial charge on any atom is 0.225 e. The number of nitrogens with zero attached hydrogens (tertiary/aromatic N) is 1. The van der Waals surface area contributed by atoms with Crippen LogP contribution in [0.1, 0.15) is 34.1 Å². The number of hydrogen-bond acceptors (Lipinski definition) is 2. The monoisotopic (exact) mass is 247 g/mol. The molecule has 0 spiro atoms. The van der Waals surface area contributed by atoms with Gasteiger partial charge in [-0.25, -0.2) is 0 Å². The van der Waals surface area contributed by atoms with Gasteiger partial charge in [-0.1, -0.05) is 13.8 Å². The van der Waals surface area contributed by atoms with Crippen LogP contribution >= 0.6 is 11.6 Å². The molecule has 1 fully saturated rings. The van der Waals surface area contributed by atoms with Crippen LogP contribution in [-0.2, 0) is 9.53 Å². The second-order valence-electron chi connectivity index (χ2n) is 5.18. The molecule has 1 amide bonds. The Labute approximate surface area is 103 Å². The quantitative estimate of drug-likeness (QED) is 0.716. The number of halogens is 1. The lowest BCUT2D eigenvalue weighted by atomic mass is 10.0. The van der Waals surface area contributed by atoms with Crippen LogP contribution in [0.5, 0.6) is 0 Å². The number of amides is 1. The number of ether oxygens (including phenoxy) is 1. The lowest BCUT2D eigenvalue weighted by Gasteiger charge is -2.43. The van der Waals surface area contributed by atoms with Gasteiger partial charge >= 0.3 is 0 Å². The maximum atomic E-state index is 12.1. The third-order valence-corrected chi connectivity index (χ3v) is 3.34. The van der Waals surface area contributed by atoms with Crippen molar-refractivity contribution in [3.63, 3.8) is 0 Å². The van der Waals surface area contributed by atoms with Crippen LogP contribution in [0, 0.1) is 5.92 Å². The summed E-state index contributed by atoms with van der Waals surface area (Å²) in [5.74, 6) is 0.743. The van der Waals surface area contributed by atoms with E-state index >= 15 is 0 Å². The molecular weight excluding hydrogens is 226 g/mol. The number of morpholine rings is 1. The molecule has 4 heteroatoms. The summed E-state index contributed by atoms with van der Waals surface area (Å²) in [7, 11) is 0. The molecule has 0 aromatic rings. The van der Waals surface area contributed by atoms with Crippen molar-refractivity contribution in [2.75, 3.05) is 19.0 Å². The van der Waals surface area contributed by atoms with E-state index < -0.39 is 0 Å². The zero-order valence-electron chi connectivity index (χ0n) is 10.6. The van der Waals surface area contributed by atoms with E-state index in [4.69, 9.17) is 16.3 Å². The maximum absolute atomic E-state index is 12.1. The lowest BCUT2D eigenvalue weighted by Crippen LogP contribution is -2.56. The van der Waals surface area contributed by atoms with Gasteiger partial charge in [0.15, 0.2) is 0 Å². The van der Waals surface area contributed by atoms with Gasteiger partial charge in [0.2, 0.25) is 5.91 Å². The molecule has 3 nitrogen and oxygen atoms in total. The first-order valence-electron chi connectivity index (χ1n) is 5.92. The predicted molar refractivity (Wildman–Crippen MR) is 65.7 cm³/mol. The highest BCUT2D eigenvalue weighted by Gasteiger charge is 2.36. The molecule has 0 aromatic heterocycles. The van der Waals surface area contributed by atoms with E-state index in [1.165, 1.54) is 0 Å². The highest BCUT2D eigenvalue weighted by molar-refractivity contribution is 6.18. The topological polar surface area (TPSA) is 29.5 Å². The van der Waals surface area contributed by atoms with Crippen LogP contribution in [0.25, 0.3) is 0 Å². The summed E-state index contributed by atoms with van der Waals surface area (Å²) in [5.41, 5.74) is -0.291. The predicted octanol–water partition coefficient (Wildman–Crippen LogP) is 2.28. The van der Waals surface area contributed by atoms with Crippen LogP contribution in [-0.4, -0.2) is 41.5 Å². The van der Waals surface area contributed by atoms with Crippen LogP contribution < -0.4 is 0 Å². The first kappa shape index (κ1) is 13.8. The van der Waals surface area contributed by atoms with E-state index in [1.54, 1.807) is 0 Å². The minimum atomic E-state index is -0.291. The molecule has 2 unspecified atom stereocenters. The summed E-state index contributed by atoms with van der Waals surface area (Å²) in [5, 5.41) is 0. The van der Waals surface area contributed by atoms with Crippen molar-refractivity contribution < 1.29 is 9.53 Å². The zero-order chi connectivity index (χ0) is 12.3. The highest BCUT2D eigenvalue weighted by Crippen LogP contribution is 2.23. The van der Waals surface area contributed by atoms with Gasteiger partial charge in [0.1, 0.15) is 0 Å². The second kappa shape index (κ2) is 5.37. The summed E-state index contributed by atoms with van der Waals surface area (Å²) in [6.07, 6.45) is 0.834. The fourth-order valence-electron chi connectivity index (χ4n) is 2.03. The van der Waals surface area contributed by atoms with Crippen molar-refractivity contribution in [1.82, 2.24) is 4.90 Å². The van der Waals surface area contributed by atoms with Crippen LogP contribution in [0.2, 0.25) is 0 Å². The molecule has 1 saturated heterocycles. The summed E-state index contributed by atoms with van der Waals surface area (Å²) in [6, 6.07) is 0. The standard InChI is InChI=1S/C12H22ClNO2/c1-5-9(2)11(15)14-7-10(6-13)16-12(3,4)8-14/h9-10H,5-8H2,1-4H3. The Kier molecular flexibility index (Phi) is 4.62. The molecule has 0 bridgehead atoms.